The molecule has 0 unspecified atom stereocenters. The Morgan fingerprint density at radius 3 is 2.60 bits per heavy atom. The van der Waals surface area contributed by atoms with E-state index < -0.39 is 0 Å². The van der Waals surface area contributed by atoms with E-state index in [4.69, 9.17) is 12.2 Å². The Labute approximate surface area is 130 Å². The first kappa shape index (κ1) is 14.5. The normalized spacial score (nSPS) is 9.85. The van der Waals surface area contributed by atoms with Crippen molar-refractivity contribution in [2.45, 2.75) is 0 Å². The third kappa shape index (κ3) is 4.04. The van der Waals surface area contributed by atoms with Gasteiger partial charge in [-0.05, 0) is 42.5 Å². The first-order valence-corrected chi connectivity index (χ1v) is 6.91. The van der Waals surface area contributed by atoms with Crippen LogP contribution in [0.25, 0.3) is 0 Å². The number of nitrogens with one attached hydrogen (secondary N) is 2. The first-order chi connectivity index (χ1) is 9.54. The maximum absolute atomic E-state index is 12.0. The Morgan fingerprint density at radius 2 is 1.90 bits per heavy atom. The summed E-state index contributed by atoms with van der Waals surface area (Å²) in [5, 5.41) is 14.9. The van der Waals surface area contributed by atoms with Crippen molar-refractivity contribution in [3.05, 3.63) is 58.6 Å². The van der Waals surface area contributed by atoms with E-state index in [0.717, 1.165) is 4.47 Å². The number of halogens is 1. The Bertz CT molecular complexity index is 661. The van der Waals surface area contributed by atoms with Crippen LogP contribution in [-0.4, -0.2) is 16.1 Å². The zero-order valence-corrected chi connectivity index (χ0v) is 12.7. The van der Waals surface area contributed by atoms with E-state index in [-0.39, 0.29) is 16.8 Å². The molecule has 0 atom stereocenters. The third-order valence-corrected chi connectivity index (χ3v) is 3.12. The molecule has 0 aliphatic carbocycles. The molecule has 0 radical (unpaired) electrons. The van der Waals surface area contributed by atoms with Gasteiger partial charge >= 0.3 is 0 Å². The zero-order chi connectivity index (χ0) is 14.5. The minimum Gasteiger partial charge on any atom is -0.508 e. The second kappa shape index (κ2) is 6.49. The fourth-order valence-corrected chi connectivity index (χ4v) is 2.16. The number of hydrogen-bond acceptors (Lipinski definition) is 3. The molecule has 0 saturated heterocycles. The maximum atomic E-state index is 12.0. The first-order valence-electron chi connectivity index (χ1n) is 5.71. The average Bonchev–Trinajstić information content (AvgIpc) is 2.38. The van der Waals surface area contributed by atoms with Gasteiger partial charge in [-0.15, -0.1) is 0 Å². The van der Waals surface area contributed by atoms with Crippen LogP contribution < -0.4 is 10.6 Å². The topological polar surface area (TPSA) is 61.4 Å². The summed E-state index contributed by atoms with van der Waals surface area (Å²) in [6.07, 6.45) is 0. The molecule has 0 heterocycles. The van der Waals surface area contributed by atoms with Crippen LogP contribution in [0.1, 0.15) is 10.4 Å². The van der Waals surface area contributed by atoms with Crippen LogP contribution >= 0.6 is 28.1 Å². The highest BCUT2D eigenvalue weighted by Gasteiger charge is 2.08. The number of carbonyl (C=O) groups is 1. The summed E-state index contributed by atoms with van der Waals surface area (Å²) in [7, 11) is 0. The van der Waals surface area contributed by atoms with Crippen molar-refractivity contribution in [3.8, 4) is 5.75 Å². The summed E-state index contributed by atoms with van der Waals surface area (Å²) in [6, 6.07) is 13.5. The summed E-state index contributed by atoms with van der Waals surface area (Å²) in [4.78, 5) is 12.0. The lowest BCUT2D eigenvalue weighted by molar-refractivity contribution is 0.0977. The van der Waals surface area contributed by atoms with Crippen LogP contribution in [0.5, 0.6) is 5.75 Å². The molecule has 0 saturated carbocycles. The van der Waals surface area contributed by atoms with Crippen molar-refractivity contribution in [2.24, 2.45) is 0 Å². The van der Waals surface area contributed by atoms with Crippen LogP contribution in [0.15, 0.2) is 53.0 Å². The Hall–Kier alpha value is -1.92. The van der Waals surface area contributed by atoms with Gasteiger partial charge in [0.05, 0.1) is 0 Å². The highest BCUT2D eigenvalue weighted by Crippen LogP contribution is 2.15. The highest BCUT2D eigenvalue weighted by molar-refractivity contribution is 9.10. The summed E-state index contributed by atoms with van der Waals surface area (Å²) in [5.41, 5.74) is 1.10. The van der Waals surface area contributed by atoms with E-state index >= 15 is 0 Å². The summed E-state index contributed by atoms with van der Waals surface area (Å²) >= 11 is 8.35. The lowest BCUT2D eigenvalue weighted by atomic mass is 10.2. The van der Waals surface area contributed by atoms with Crippen molar-refractivity contribution in [3.63, 3.8) is 0 Å². The summed E-state index contributed by atoms with van der Waals surface area (Å²) < 4.78 is 0.817. The van der Waals surface area contributed by atoms with Crippen molar-refractivity contribution >= 4 is 44.9 Å². The monoisotopic (exact) mass is 350 g/mol. The van der Waals surface area contributed by atoms with Crippen molar-refractivity contribution in [1.82, 2.24) is 5.32 Å². The Morgan fingerprint density at radius 1 is 1.15 bits per heavy atom. The zero-order valence-electron chi connectivity index (χ0n) is 10.3. The molecule has 3 N–H and O–H groups in total. The molecule has 102 valence electrons. The van der Waals surface area contributed by atoms with Crippen LogP contribution in [0.2, 0.25) is 0 Å². The SMILES string of the molecule is O=C(NC(=S)Nc1cccc(O)c1)c1cccc(Br)c1. The smallest absolute Gasteiger partial charge is 0.257 e. The number of benzene rings is 2. The molecular formula is C14H11BrN2O2S. The van der Waals surface area contributed by atoms with E-state index in [1.165, 1.54) is 6.07 Å². The van der Waals surface area contributed by atoms with Crippen LogP contribution in [0.4, 0.5) is 5.69 Å². The molecule has 0 aliphatic rings. The molecule has 0 aliphatic heterocycles. The van der Waals surface area contributed by atoms with Crippen molar-refractivity contribution < 1.29 is 9.90 Å². The van der Waals surface area contributed by atoms with E-state index in [1.807, 2.05) is 6.07 Å². The molecule has 4 nitrogen and oxygen atoms in total. The third-order valence-electron chi connectivity index (χ3n) is 2.42. The lowest BCUT2D eigenvalue weighted by Crippen LogP contribution is -2.34. The molecular weight excluding hydrogens is 340 g/mol. The number of rotatable bonds is 2. The number of thiocarbonyl (C=S) groups is 1. The standard InChI is InChI=1S/C14H11BrN2O2S/c15-10-4-1-3-9(7-10)13(19)17-14(20)16-11-5-2-6-12(18)8-11/h1-8,18H,(H2,16,17,19,20). The van der Waals surface area contributed by atoms with Gasteiger partial charge in [-0.25, -0.2) is 0 Å². The molecule has 2 aromatic rings. The second-order valence-electron chi connectivity index (χ2n) is 3.97. The predicted molar refractivity (Wildman–Crippen MR) is 85.9 cm³/mol. The molecule has 0 bridgehead atoms. The molecule has 6 heteroatoms. The van der Waals surface area contributed by atoms with Crippen LogP contribution in [0.3, 0.4) is 0 Å². The molecule has 2 aromatic carbocycles. The minimum absolute atomic E-state index is 0.121. The fraction of sp³-hybridized carbons (Fsp3) is 0. The summed E-state index contributed by atoms with van der Waals surface area (Å²) in [6.45, 7) is 0. The number of phenols is 1. The Kier molecular flexibility index (Phi) is 4.70. The quantitative estimate of drug-likeness (QED) is 0.727. The van der Waals surface area contributed by atoms with Crippen molar-refractivity contribution in [2.75, 3.05) is 5.32 Å². The highest BCUT2D eigenvalue weighted by atomic mass is 79.9. The fourth-order valence-electron chi connectivity index (χ4n) is 1.55. The van der Waals surface area contributed by atoms with E-state index in [1.54, 1.807) is 36.4 Å². The number of hydrogen-bond donors (Lipinski definition) is 3. The van der Waals surface area contributed by atoms with E-state index in [0.29, 0.717) is 11.3 Å². The number of anilines is 1. The summed E-state index contributed by atoms with van der Waals surface area (Å²) in [5.74, 6) is -0.180. The predicted octanol–water partition coefficient (Wildman–Crippen LogP) is 3.28. The van der Waals surface area contributed by atoms with Crippen LogP contribution in [-0.2, 0) is 0 Å². The molecule has 0 fully saturated rings. The van der Waals surface area contributed by atoms with Gasteiger partial charge < -0.3 is 10.4 Å². The largest absolute Gasteiger partial charge is 0.508 e. The van der Waals surface area contributed by atoms with Gasteiger partial charge in [-0.1, -0.05) is 28.1 Å². The molecule has 0 aromatic heterocycles. The molecule has 0 spiro atoms. The van der Waals surface area contributed by atoms with Gasteiger partial charge in [0.15, 0.2) is 5.11 Å². The van der Waals surface area contributed by atoms with Gasteiger partial charge in [0, 0.05) is 21.8 Å². The molecule has 20 heavy (non-hydrogen) atoms. The minimum atomic E-state index is -0.302. The van der Waals surface area contributed by atoms with Crippen molar-refractivity contribution in [1.29, 1.82) is 0 Å². The number of phenolic OH excluding ortho intramolecular Hbond substituents is 1. The van der Waals surface area contributed by atoms with Gasteiger partial charge in [0.2, 0.25) is 0 Å². The second-order valence-corrected chi connectivity index (χ2v) is 5.29. The number of carbonyl (C=O) groups excluding carboxylic acids is 1. The van der Waals surface area contributed by atoms with E-state index in [2.05, 4.69) is 26.6 Å². The number of amides is 1. The van der Waals surface area contributed by atoms with Gasteiger partial charge in [0.25, 0.3) is 5.91 Å². The number of aromatic hydroxyl groups is 1. The molecule has 2 rings (SSSR count). The van der Waals surface area contributed by atoms with Crippen LogP contribution in [0, 0.1) is 0 Å². The van der Waals surface area contributed by atoms with Gasteiger partial charge in [-0.3, -0.25) is 10.1 Å². The van der Waals surface area contributed by atoms with Gasteiger partial charge in [0.1, 0.15) is 5.75 Å². The average molecular weight is 351 g/mol. The van der Waals surface area contributed by atoms with Gasteiger partial charge in [-0.2, -0.15) is 0 Å². The maximum Gasteiger partial charge on any atom is 0.257 e. The Balaban J connectivity index is 1.99. The molecule has 1 amide bonds. The lowest BCUT2D eigenvalue weighted by Gasteiger charge is -2.09. The van der Waals surface area contributed by atoms with E-state index in [9.17, 15) is 9.90 Å².